The highest BCUT2D eigenvalue weighted by molar-refractivity contribution is 5.89. The molecule has 0 spiro atoms. The van der Waals surface area contributed by atoms with Gasteiger partial charge >= 0.3 is 0 Å². The van der Waals surface area contributed by atoms with Gasteiger partial charge in [0, 0.05) is 18.6 Å². The van der Waals surface area contributed by atoms with Crippen molar-refractivity contribution in [2.24, 2.45) is 0 Å². The van der Waals surface area contributed by atoms with E-state index in [1.165, 1.54) is 7.11 Å². The molecule has 1 aromatic carbocycles. The van der Waals surface area contributed by atoms with Gasteiger partial charge in [-0.1, -0.05) is 18.2 Å². The molecule has 0 aromatic heterocycles. The molecule has 0 bridgehead atoms. The second-order valence-corrected chi connectivity index (χ2v) is 4.61. The van der Waals surface area contributed by atoms with Crippen LogP contribution in [0, 0.1) is 11.3 Å². The minimum atomic E-state index is -0.777. The van der Waals surface area contributed by atoms with Gasteiger partial charge in [-0.05, 0) is 18.9 Å². The van der Waals surface area contributed by atoms with Crippen molar-refractivity contribution in [2.45, 2.75) is 31.3 Å². The Hall–Kier alpha value is -1.86. The Labute approximate surface area is 112 Å². The summed E-state index contributed by atoms with van der Waals surface area (Å²) in [5.41, 5.74) is 0.635. The minimum Gasteiger partial charge on any atom is -0.496 e. The molecule has 1 saturated heterocycles. The number of methoxy groups -OCH3 is 1. The van der Waals surface area contributed by atoms with E-state index in [9.17, 15) is 10.1 Å². The van der Waals surface area contributed by atoms with Crippen molar-refractivity contribution < 1.29 is 14.3 Å². The van der Waals surface area contributed by atoms with Gasteiger partial charge in [0.2, 0.25) is 0 Å². The van der Waals surface area contributed by atoms with Crippen LogP contribution in [-0.4, -0.2) is 25.6 Å². The van der Waals surface area contributed by atoms with Crippen molar-refractivity contribution in [2.75, 3.05) is 13.7 Å². The van der Waals surface area contributed by atoms with E-state index in [-0.39, 0.29) is 11.9 Å². The van der Waals surface area contributed by atoms with E-state index in [2.05, 4.69) is 6.07 Å². The normalized spacial score (nSPS) is 19.7. The molecule has 1 aliphatic rings. The summed E-state index contributed by atoms with van der Waals surface area (Å²) in [7, 11) is 1.54. The molecule has 19 heavy (non-hydrogen) atoms. The zero-order valence-corrected chi connectivity index (χ0v) is 11.0. The van der Waals surface area contributed by atoms with Crippen molar-refractivity contribution >= 4 is 5.78 Å². The molecule has 2 unspecified atom stereocenters. The number of Topliss-reactive ketones (excluding diaryl/α,β-unsaturated/α-hetero) is 1. The van der Waals surface area contributed by atoms with Gasteiger partial charge in [-0.25, -0.2) is 0 Å². The number of hydrogen-bond donors (Lipinski definition) is 0. The topological polar surface area (TPSA) is 59.3 Å². The average Bonchev–Trinajstić information content (AvgIpc) is 2.93. The molecule has 1 aliphatic heterocycles. The molecule has 0 N–H and O–H groups in total. The van der Waals surface area contributed by atoms with Gasteiger partial charge in [-0.3, -0.25) is 4.79 Å². The van der Waals surface area contributed by atoms with E-state index in [4.69, 9.17) is 9.47 Å². The number of ketones is 1. The van der Waals surface area contributed by atoms with Gasteiger partial charge in [-0.2, -0.15) is 5.26 Å². The quantitative estimate of drug-likeness (QED) is 0.815. The number of para-hydroxylation sites is 1. The molecule has 1 aromatic rings. The first kappa shape index (κ1) is 13.6. The molecule has 1 heterocycles. The maximum absolute atomic E-state index is 12.2. The van der Waals surface area contributed by atoms with Gasteiger partial charge in [0.15, 0.2) is 5.78 Å². The average molecular weight is 259 g/mol. The molecule has 4 nitrogen and oxygen atoms in total. The highest BCUT2D eigenvalue weighted by Gasteiger charge is 2.27. The van der Waals surface area contributed by atoms with Gasteiger partial charge in [0.05, 0.1) is 19.3 Å². The summed E-state index contributed by atoms with van der Waals surface area (Å²) in [6, 6.07) is 9.24. The van der Waals surface area contributed by atoms with Crippen LogP contribution in [0.2, 0.25) is 0 Å². The summed E-state index contributed by atoms with van der Waals surface area (Å²) < 4.78 is 10.7. The second-order valence-electron chi connectivity index (χ2n) is 4.61. The lowest BCUT2D eigenvalue weighted by atomic mass is 9.92. The SMILES string of the molecule is COc1ccccc1C(C#N)C(=O)CC1CCCO1. The number of rotatable bonds is 5. The van der Waals surface area contributed by atoms with E-state index in [1.807, 2.05) is 12.1 Å². The number of nitrogens with zero attached hydrogens (tertiary/aromatic N) is 1. The molecule has 4 heteroatoms. The van der Waals surface area contributed by atoms with Crippen LogP contribution < -0.4 is 4.74 Å². The number of ether oxygens (including phenoxy) is 2. The zero-order chi connectivity index (χ0) is 13.7. The summed E-state index contributed by atoms with van der Waals surface area (Å²) >= 11 is 0. The standard InChI is InChI=1S/C15H17NO3/c1-18-15-7-3-2-6-12(15)13(10-16)14(17)9-11-5-4-8-19-11/h2-3,6-7,11,13H,4-5,8-9H2,1H3. The maximum Gasteiger partial charge on any atom is 0.157 e. The van der Waals surface area contributed by atoms with Crippen molar-refractivity contribution in [3.8, 4) is 11.8 Å². The molecular formula is C15H17NO3. The molecule has 0 aliphatic carbocycles. The Bertz CT molecular complexity index is 486. The summed E-state index contributed by atoms with van der Waals surface area (Å²) in [5.74, 6) is -0.297. The third-order valence-electron chi connectivity index (χ3n) is 3.35. The fourth-order valence-corrected chi connectivity index (χ4v) is 2.37. The Kier molecular flexibility index (Phi) is 4.53. The van der Waals surface area contributed by atoms with Crippen molar-refractivity contribution in [3.05, 3.63) is 29.8 Å². The number of hydrogen-bond acceptors (Lipinski definition) is 4. The van der Waals surface area contributed by atoms with Gasteiger partial charge in [0.1, 0.15) is 11.7 Å². The number of carbonyl (C=O) groups is 1. The van der Waals surface area contributed by atoms with Crippen LogP contribution in [0.3, 0.4) is 0 Å². The Morgan fingerprint density at radius 2 is 2.37 bits per heavy atom. The number of carbonyl (C=O) groups excluding carboxylic acids is 1. The largest absolute Gasteiger partial charge is 0.496 e. The summed E-state index contributed by atoms with van der Waals surface area (Å²) in [4.78, 5) is 12.2. The van der Waals surface area contributed by atoms with Gasteiger partial charge in [0.25, 0.3) is 0 Å². The minimum absolute atomic E-state index is 0.0296. The van der Waals surface area contributed by atoms with Gasteiger partial charge < -0.3 is 9.47 Å². The van der Waals surface area contributed by atoms with E-state index in [0.717, 1.165) is 12.8 Å². The van der Waals surface area contributed by atoms with Crippen LogP contribution in [0.5, 0.6) is 5.75 Å². The molecular weight excluding hydrogens is 242 g/mol. The zero-order valence-electron chi connectivity index (χ0n) is 11.0. The fraction of sp³-hybridized carbons (Fsp3) is 0.467. The smallest absolute Gasteiger partial charge is 0.157 e. The first-order valence-electron chi connectivity index (χ1n) is 6.43. The van der Waals surface area contributed by atoms with Crippen LogP contribution in [0.4, 0.5) is 0 Å². The summed E-state index contributed by atoms with van der Waals surface area (Å²) in [6.07, 6.45) is 2.16. The monoisotopic (exact) mass is 259 g/mol. The van der Waals surface area contributed by atoms with Crippen LogP contribution in [0.15, 0.2) is 24.3 Å². The van der Waals surface area contributed by atoms with E-state index < -0.39 is 5.92 Å². The van der Waals surface area contributed by atoms with E-state index in [1.54, 1.807) is 12.1 Å². The molecule has 0 radical (unpaired) electrons. The third kappa shape index (κ3) is 3.12. The molecule has 0 saturated carbocycles. The van der Waals surface area contributed by atoms with Gasteiger partial charge in [-0.15, -0.1) is 0 Å². The lowest BCUT2D eigenvalue weighted by molar-refractivity contribution is -0.121. The van der Waals surface area contributed by atoms with E-state index in [0.29, 0.717) is 24.3 Å². The third-order valence-corrected chi connectivity index (χ3v) is 3.35. The van der Waals surface area contributed by atoms with Crippen LogP contribution >= 0.6 is 0 Å². The Morgan fingerprint density at radius 3 is 3.00 bits per heavy atom. The first-order chi connectivity index (χ1) is 9.26. The maximum atomic E-state index is 12.2. The lowest BCUT2D eigenvalue weighted by Crippen LogP contribution is -2.18. The van der Waals surface area contributed by atoms with Crippen LogP contribution in [0.1, 0.15) is 30.7 Å². The predicted octanol–water partition coefficient (Wildman–Crippen LogP) is 2.44. The summed E-state index contributed by atoms with van der Waals surface area (Å²) in [6.45, 7) is 0.712. The van der Waals surface area contributed by atoms with Crippen molar-refractivity contribution in [1.29, 1.82) is 5.26 Å². The van der Waals surface area contributed by atoms with Crippen LogP contribution in [-0.2, 0) is 9.53 Å². The highest BCUT2D eigenvalue weighted by Crippen LogP contribution is 2.29. The Balaban J connectivity index is 2.14. The molecule has 100 valence electrons. The number of nitriles is 1. The van der Waals surface area contributed by atoms with E-state index >= 15 is 0 Å². The number of benzene rings is 1. The lowest BCUT2D eigenvalue weighted by Gasteiger charge is -2.14. The Morgan fingerprint density at radius 1 is 1.58 bits per heavy atom. The van der Waals surface area contributed by atoms with Crippen molar-refractivity contribution in [1.82, 2.24) is 0 Å². The van der Waals surface area contributed by atoms with Crippen LogP contribution in [0.25, 0.3) is 0 Å². The first-order valence-corrected chi connectivity index (χ1v) is 6.43. The molecule has 2 atom stereocenters. The molecule has 0 amide bonds. The molecule has 2 rings (SSSR count). The fourth-order valence-electron chi connectivity index (χ4n) is 2.37. The highest BCUT2D eigenvalue weighted by atomic mass is 16.5. The predicted molar refractivity (Wildman–Crippen MR) is 69.9 cm³/mol. The molecule has 1 fully saturated rings. The summed E-state index contributed by atoms with van der Waals surface area (Å²) in [5, 5.41) is 9.28. The second kappa shape index (κ2) is 6.35. The van der Waals surface area contributed by atoms with Crippen molar-refractivity contribution in [3.63, 3.8) is 0 Å².